The maximum Gasteiger partial charge on any atom is 0.172 e. The topological polar surface area (TPSA) is 74.3 Å². The van der Waals surface area contributed by atoms with Crippen molar-refractivity contribution in [1.29, 1.82) is 0 Å². The molecule has 4 nitrogen and oxygen atoms in total. The van der Waals surface area contributed by atoms with E-state index in [9.17, 15) is 17.8 Å². The predicted octanol–water partition coefficient (Wildman–Crippen LogP) is 10.9. The first-order valence-electron chi connectivity index (χ1n) is 18.9. The third kappa shape index (κ3) is 9.89. The Morgan fingerprint density at radius 3 is 1.59 bits per heavy atom. The number of hydrogen-bond donors (Lipinski definition) is 0. The summed E-state index contributed by atoms with van der Waals surface area (Å²) < 4.78 is 32.7. The zero-order valence-corrected chi connectivity index (χ0v) is 32.4. The molecule has 5 rings (SSSR count). The number of rotatable bonds is 17. The molecule has 0 radical (unpaired) electrons. The lowest BCUT2D eigenvalue weighted by molar-refractivity contribution is -0.128. The molecule has 0 aromatic heterocycles. The number of carbonyl (C=O) groups excluding carboxylic acids is 1. The normalized spacial score (nSPS) is 19.7. The Morgan fingerprint density at radius 1 is 0.735 bits per heavy atom. The smallest absolute Gasteiger partial charge is 0.172 e. The standard InChI is InChI=1S/C33H45S.C10H16O4S/c1-4-7-12-19-28-26-29(20-13-8-5-2)33(30(27-28)21-14-9-6-3)34(31-22-15-10-16-23-31)32-24-17-11-18-25-32;1-9(2)7-3-4-10(9,8(11)5-7)6-15(12,13)14/h10-11,15-18,22-27H,4-9,12-14,19-21H2,1-3H3;7H,3-6H2,1-2H3,(H,12,13,14)/q+1;/p-1. The maximum absolute atomic E-state index is 11.8. The van der Waals surface area contributed by atoms with Gasteiger partial charge in [0.2, 0.25) is 0 Å². The van der Waals surface area contributed by atoms with E-state index >= 15 is 0 Å². The fourth-order valence-corrected chi connectivity index (χ4v) is 11.9. The monoisotopic (exact) mass is 704 g/mol. The third-order valence-electron chi connectivity index (χ3n) is 11.2. The van der Waals surface area contributed by atoms with Gasteiger partial charge in [0.05, 0.1) is 26.8 Å². The van der Waals surface area contributed by atoms with E-state index in [0.29, 0.717) is 12.8 Å². The number of benzene rings is 3. The number of carbonyl (C=O) groups is 1. The Labute approximate surface area is 301 Å². The highest BCUT2D eigenvalue weighted by atomic mass is 32.2. The number of aryl methyl sites for hydroxylation is 3. The lowest BCUT2D eigenvalue weighted by Gasteiger charge is -2.37. The van der Waals surface area contributed by atoms with Crippen molar-refractivity contribution < 1.29 is 17.8 Å². The molecule has 2 aliphatic carbocycles. The van der Waals surface area contributed by atoms with Gasteiger partial charge in [0.15, 0.2) is 14.7 Å². The van der Waals surface area contributed by atoms with E-state index in [4.69, 9.17) is 0 Å². The van der Waals surface area contributed by atoms with Crippen molar-refractivity contribution in [3.05, 3.63) is 89.5 Å². The third-order valence-corrected chi connectivity index (χ3v) is 14.5. The van der Waals surface area contributed by atoms with Gasteiger partial charge in [-0.1, -0.05) is 122 Å². The van der Waals surface area contributed by atoms with E-state index in [1.165, 1.54) is 86.8 Å². The second-order valence-corrected chi connectivity index (χ2v) is 18.3. The minimum atomic E-state index is -4.33. The van der Waals surface area contributed by atoms with Gasteiger partial charge in [-0.05, 0) is 92.5 Å². The Hall–Kier alpha value is -2.41. The van der Waals surface area contributed by atoms with E-state index in [2.05, 4.69) is 93.6 Å². The zero-order chi connectivity index (χ0) is 35.5. The lowest BCUT2D eigenvalue weighted by Crippen LogP contribution is -2.42. The van der Waals surface area contributed by atoms with E-state index < -0.39 is 21.3 Å². The average molecular weight is 705 g/mol. The zero-order valence-electron chi connectivity index (χ0n) is 30.8. The molecule has 0 saturated heterocycles. The molecule has 2 atom stereocenters. The number of hydrogen-bond acceptors (Lipinski definition) is 4. The second-order valence-electron chi connectivity index (χ2n) is 14.9. The minimum Gasteiger partial charge on any atom is -0.748 e. The molecule has 0 spiro atoms. The first-order chi connectivity index (χ1) is 23.5. The Balaban J connectivity index is 0.000000299. The molecular weight excluding hydrogens is 645 g/mol. The average Bonchev–Trinajstić information content (AvgIpc) is 3.41. The van der Waals surface area contributed by atoms with Crippen molar-refractivity contribution in [3.63, 3.8) is 0 Å². The molecule has 49 heavy (non-hydrogen) atoms. The summed E-state index contributed by atoms with van der Waals surface area (Å²) in [6.45, 7) is 10.8. The van der Waals surface area contributed by atoms with Gasteiger partial charge in [0.1, 0.15) is 5.78 Å². The fraction of sp³-hybridized carbons (Fsp3) is 0.558. The molecule has 2 unspecified atom stereocenters. The largest absolute Gasteiger partial charge is 0.748 e. The molecule has 0 amide bonds. The highest BCUT2D eigenvalue weighted by Gasteiger charge is 2.64. The van der Waals surface area contributed by atoms with Crippen LogP contribution in [0.25, 0.3) is 0 Å². The predicted molar refractivity (Wildman–Crippen MR) is 204 cm³/mol. The van der Waals surface area contributed by atoms with Crippen LogP contribution in [-0.2, 0) is 45.1 Å². The molecule has 6 heteroatoms. The van der Waals surface area contributed by atoms with Crippen molar-refractivity contribution in [1.82, 2.24) is 0 Å². The summed E-state index contributed by atoms with van der Waals surface area (Å²) in [5.41, 5.74) is 3.58. The van der Waals surface area contributed by atoms with Crippen molar-refractivity contribution in [3.8, 4) is 0 Å². The Kier molecular flexibility index (Phi) is 14.6. The van der Waals surface area contributed by atoms with Crippen LogP contribution >= 0.6 is 0 Å². The van der Waals surface area contributed by atoms with Crippen molar-refractivity contribution in [2.75, 3.05) is 5.75 Å². The second kappa shape index (κ2) is 18.2. The first-order valence-corrected chi connectivity index (χ1v) is 21.7. The first kappa shape index (κ1) is 39.4. The van der Waals surface area contributed by atoms with Crippen molar-refractivity contribution >= 4 is 26.8 Å². The molecule has 2 saturated carbocycles. The van der Waals surface area contributed by atoms with Gasteiger partial charge in [-0.15, -0.1) is 0 Å². The van der Waals surface area contributed by atoms with Crippen LogP contribution in [0.15, 0.2) is 87.5 Å². The number of Topliss-reactive ketones (excluding diaryl/α,β-unsaturated/α-hetero) is 1. The van der Waals surface area contributed by atoms with Crippen LogP contribution in [0.5, 0.6) is 0 Å². The van der Waals surface area contributed by atoms with Gasteiger partial charge in [0, 0.05) is 23.0 Å². The van der Waals surface area contributed by atoms with Crippen LogP contribution < -0.4 is 0 Å². The molecule has 3 aromatic rings. The van der Waals surface area contributed by atoms with Crippen LogP contribution in [0.4, 0.5) is 0 Å². The molecule has 0 heterocycles. The molecule has 0 aliphatic heterocycles. The van der Waals surface area contributed by atoms with Crippen LogP contribution in [-0.4, -0.2) is 24.5 Å². The number of unbranched alkanes of at least 4 members (excludes halogenated alkanes) is 6. The van der Waals surface area contributed by atoms with E-state index in [1.807, 2.05) is 13.8 Å². The van der Waals surface area contributed by atoms with E-state index in [-0.39, 0.29) is 28.0 Å². The van der Waals surface area contributed by atoms with Crippen LogP contribution in [0.2, 0.25) is 0 Å². The summed E-state index contributed by atoms with van der Waals surface area (Å²) in [5.74, 6) is -0.280. The highest BCUT2D eigenvalue weighted by molar-refractivity contribution is 7.97. The maximum atomic E-state index is 11.8. The Bertz CT molecular complexity index is 1510. The highest BCUT2D eigenvalue weighted by Crippen LogP contribution is 2.64. The summed E-state index contributed by atoms with van der Waals surface area (Å²) in [5, 5.41) is 0. The van der Waals surface area contributed by atoms with Gasteiger partial charge < -0.3 is 4.55 Å². The summed E-state index contributed by atoms with van der Waals surface area (Å²) in [6, 6.07) is 27.7. The lowest BCUT2D eigenvalue weighted by atomic mass is 9.70. The molecular formula is C43H60O4S2. The molecule has 2 aliphatic rings. The fourth-order valence-electron chi connectivity index (χ4n) is 8.21. The Morgan fingerprint density at radius 2 is 1.20 bits per heavy atom. The quantitative estimate of drug-likeness (QED) is 0.0796. The summed E-state index contributed by atoms with van der Waals surface area (Å²) in [6.07, 6.45) is 17.2. The van der Waals surface area contributed by atoms with Crippen molar-refractivity contribution in [2.45, 2.75) is 146 Å². The van der Waals surface area contributed by atoms with Gasteiger partial charge in [-0.3, -0.25) is 4.79 Å². The van der Waals surface area contributed by atoms with Crippen molar-refractivity contribution in [2.24, 2.45) is 16.7 Å². The van der Waals surface area contributed by atoms with Crippen LogP contribution in [0, 0.1) is 16.7 Å². The molecule has 0 N–H and O–H groups in total. The minimum absolute atomic E-state index is 0.0248. The molecule has 268 valence electrons. The number of fused-ring (bicyclic) bond motifs is 2. The molecule has 2 bridgehead atoms. The molecule has 3 aromatic carbocycles. The van der Waals surface area contributed by atoms with Crippen LogP contribution in [0.1, 0.15) is 128 Å². The summed E-state index contributed by atoms with van der Waals surface area (Å²) in [4.78, 5) is 16.4. The number of ketones is 1. The van der Waals surface area contributed by atoms with E-state index in [1.54, 1.807) is 21.6 Å². The van der Waals surface area contributed by atoms with Gasteiger partial charge in [-0.25, -0.2) is 8.42 Å². The molecule has 2 fully saturated rings. The van der Waals surface area contributed by atoms with Gasteiger partial charge >= 0.3 is 0 Å². The van der Waals surface area contributed by atoms with E-state index in [0.717, 1.165) is 6.42 Å². The summed E-state index contributed by atoms with van der Waals surface area (Å²) in [7, 11) is -4.39. The van der Waals surface area contributed by atoms with Crippen LogP contribution in [0.3, 0.4) is 0 Å². The summed E-state index contributed by atoms with van der Waals surface area (Å²) >= 11 is 0. The van der Waals surface area contributed by atoms with Gasteiger partial charge in [-0.2, -0.15) is 0 Å². The van der Waals surface area contributed by atoms with Gasteiger partial charge in [0.25, 0.3) is 0 Å². The SMILES string of the molecule is CC1(C)C2CCC1(CS(=O)(=O)[O-])C(=O)C2.CCCCCc1cc(CCCCC)c([S+](c2ccccc2)c2ccccc2)c(CCCCC)c1.